The molecule has 0 N–H and O–H groups in total. The Morgan fingerprint density at radius 2 is 1.21 bits per heavy atom. The third kappa shape index (κ3) is 1.60. The van der Waals surface area contributed by atoms with Gasteiger partial charge in [-0.25, -0.2) is 0 Å². The van der Waals surface area contributed by atoms with Gasteiger partial charge in [-0.2, -0.15) is 0 Å². The van der Waals surface area contributed by atoms with Crippen LogP contribution < -0.4 is 0 Å². The minimum absolute atomic E-state index is 1.37. The first-order valence-electron chi connectivity index (χ1n) is 4.00. The first-order valence-corrected chi connectivity index (χ1v) is 7.79. The molecule has 3 rings (SSSR count). The minimum Gasteiger partial charge on any atom is -0.129 e. The van der Waals surface area contributed by atoms with Gasteiger partial charge in [0.2, 0.25) is 0 Å². The van der Waals surface area contributed by atoms with Gasteiger partial charge in [0.25, 0.3) is 0 Å². The summed E-state index contributed by atoms with van der Waals surface area (Å²) >= 11 is 8.50. The van der Waals surface area contributed by atoms with Crippen molar-refractivity contribution in [3.05, 3.63) is 30.0 Å². The maximum absolute atomic E-state index is 2.39. The molecule has 1 aromatic carbocycles. The molecule has 0 nitrogen and oxygen atoms in total. The zero-order chi connectivity index (χ0) is 9.71. The Bertz CT molecular complexity index is 519. The molecule has 0 atom stereocenters. The lowest BCUT2D eigenvalue weighted by Gasteiger charge is -1.89. The highest BCUT2D eigenvalue weighted by Gasteiger charge is 2.04. The molecule has 0 radical (unpaired) electrons. The molecule has 0 bridgehead atoms. The van der Waals surface area contributed by atoms with Crippen molar-refractivity contribution in [3.63, 3.8) is 0 Å². The lowest BCUT2D eigenvalue weighted by molar-refractivity contribution is 1.98. The van der Waals surface area contributed by atoms with E-state index in [-0.39, 0.29) is 0 Å². The molecule has 0 aliphatic rings. The molecule has 14 heavy (non-hydrogen) atoms. The van der Waals surface area contributed by atoms with E-state index >= 15 is 0 Å². The van der Waals surface area contributed by atoms with Crippen LogP contribution in [0, 0.1) is 5.77 Å². The Labute approximate surface area is 117 Å². The zero-order valence-corrected chi connectivity index (χ0v) is 12.8. The van der Waals surface area contributed by atoms with Crippen molar-refractivity contribution in [3.8, 4) is 0 Å². The summed E-state index contributed by atoms with van der Waals surface area (Å²) in [5, 5.41) is 2.75. The van der Waals surface area contributed by atoms with Gasteiger partial charge in [0.15, 0.2) is 0 Å². The lowest BCUT2D eigenvalue weighted by atomic mass is 10.2. The number of hydrogen-bond acceptors (Lipinski definition) is 2. The monoisotopic (exact) mass is 442 g/mol. The number of benzene rings is 1. The van der Waals surface area contributed by atoms with E-state index in [9.17, 15) is 0 Å². The van der Waals surface area contributed by atoms with Gasteiger partial charge in [0.1, 0.15) is 0 Å². The van der Waals surface area contributed by atoms with Gasteiger partial charge in [-0.05, 0) is 80.2 Å². The summed E-state index contributed by atoms with van der Waals surface area (Å²) in [5.41, 5.74) is 0. The van der Waals surface area contributed by atoms with Crippen LogP contribution in [0.3, 0.4) is 0 Å². The molecule has 0 fully saturated rings. The van der Waals surface area contributed by atoms with E-state index in [1.54, 1.807) is 0 Å². The van der Waals surface area contributed by atoms with Crippen LogP contribution in [0.5, 0.6) is 0 Å². The minimum atomic E-state index is 1.37. The number of fused-ring (bicyclic) bond motifs is 2. The van der Waals surface area contributed by atoms with E-state index < -0.39 is 0 Å². The Kier molecular flexibility index (Phi) is 2.50. The van der Waals surface area contributed by atoms with Crippen LogP contribution in [0.2, 0.25) is 0 Å². The summed E-state index contributed by atoms with van der Waals surface area (Å²) in [6.45, 7) is 0. The number of hydrogen-bond donors (Lipinski definition) is 0. The predicted octanol–water partition coefficient (Wildman–Crippen LogP) is 5.33. The van der Waals surface area contributed by atoms with Gasteiger partial charge in [0.05, 0.1) is 5.77 Å². The summed E-state index contributed by atoms with van der Waals surface area (Å²) in [6.07, 6.45) is 0. The standard InChI is InChI=1S/C10H4I2S2/c11-9-2-5-1-6-3-10(12)14-8(6)4-7(5)13-9/h1-4H. The second-order valence-electron chi connectivity index (χ2n) is 3.03. The van der Waals surface area contributed by atoms with Crippen LogP contribution in [0.15, 0.2) is 24.3 Å². The molecule has 0 saturated carbocycles. The SMILES string of the molecule is Ic1cc2cc3cc(I)sc3cc2s1. The van der Waals surface area contributed by atoms with Gasteiger partial charge >= 0.3 is 0 Å². The van der Waals surface area contributed by atoms with Crippen molar-refractivity contribution in [2.75, 3.05) is 0 Å². The average molecular weight is 442 g/mol. The van der Waals surface area contributed by atoms with Gasteiger partial charge < -0.3 is 0 Å². The maximum Gasteiger partial charge on any atom is 0.0666 e. The van der Waals surface area contributed by atoms with Crippen molar-refractivity contribution in [2.24, 2.45) is 0 Å². The highest BCUT2D eigenvalue weighted by Crippen LogP contribution is 2.34. The molecule has 0 aliphatic carbocycles. The van der Waals surface area contributed by atoms with Crippen LogP contribution in [-0.4, -0.2) is 0 Å². The van der Waals surface area contributed by atoms with Crippen molar-refractivity contribution < 1.29 is 0 Å². The van der Waals surface area contributed by atoms with Gasteiger partial charge in [0, 0.05) is 9.40 Å². The van der Waals surface area contributed by atoms with Crippen molar-refractivity contribution in [1.82, 2.24) is 0 Å². The molecule has 3 aromatic rings. The first-order chi connectivity index (χ1) is 6.72. The highest BCUT2D eigenvalue weighted by atomic mass is 127. The summed E-state index contributed by atoms with van der Waals surface area (Å²) in [4.78, 5) is 0. The fraction of sp³-hybridized carbons (Fsp3) is 0. The molecule has 0 saturated heterocycles. The fourth-order valence-electron chi connectivity index (χ4n) is 1.51. The molecule has 0 amide bonds. The summed E-state index contributed by atoms with van der Waals surface area (Å²) in [7, 11) is 0. The van der Waals surface area contributed by atoms with Crippen molar-refractivity contribution in [1.29, 1.82) is 0 Å². The van der Waals surface area contributed by atoms with E-state index in [1.807, 2.05) is 22.7 Å². The van der Waals surface area contributed by atoms with Crippen LogP contribution in [0.1, 0.15) is 0 Å². The second kappa shape index (κ2) is 3.57. The molecular weight excluding hydrogens is 438 g/mol. The summed E-state index contributed by atoms with van der Waals surface area (Å²) < 4.78 is 5.54. The second-order valence-corrected chi connectivity index (χ2v) is 8.98. The number of halogens is 2. The third-order valence-corrected chi connectivity index (χ3v) is 5.81. The Morgan fingerprint density at radius 1 is 0.714 bits per heavy atom. The van der Waals surface area contributed by atoms with Gasteiger partial charge in [-0.15, -0.1) is 22.7 Å². The molecule has 0 unspecified atom stereocenters. The maximum atomic E-state index is 2.39. The third-order valence-electron chi connectivity index (χ3n) is 2.10. The predicted molar refractivity (Wildman–Crippen MR) is 82.6 cm³/mol. The van der Waals surface area contributed by atoms with E-state index in [2.05, 4.69) is 69.4 Å². The number of thiophene rings is 2. The Hall–Kier alpha value is 0.600. The van der Waals surface area contributed by atoms with Crippen LogP contribution in [-0.2, 0) is 0 Å². The molecule has 0 spiro atoms. The van der Waals surface area contributed by atoms with Crippen molar-refractivity contribution in [2.45, 2.75) is 0 Å². The van der Waals surface area contributed by atoms with Crippen LogP contribution in [0.4, 0.5) is 0 Å². The normalized spacial score (nSPS) is 11.6. The smallest absolute Gasteiger partial charge is 0.0666 e. The zero-order valence-electron chi connectivity index (χ0n) is 6.88. The molecule has 0 aliphatic heterocycles. The molecule has 2 aromatic heterocycles. The molecule has 4 heteroatoms. The number of rotatable bonds is 0. The molecule has 2 heterocycles. The average Bonchev–Trinajstić information content (AvgIpc) is 2.59. The first kappa shape index (κ1) is 9.80. The van der Waals surface area contributed by atoms with Crippen LogP contribution in [0.25, 0.3) is 20.2 Å². The highest BCUT2D eigenvalue weighted by molar-refractivity contribution is 14.1. The lowest BCUT2D eigenvalue weighted by Crippen LogP contribution is -1.62. The van der Waals surface area contributed by atoms with E-state index in [1.165, 1.54) is 25.9 Å². The molecular formula is C10H4I2S2. The summed E-state index contributed by atoms with van der Waals surface area (Å²) in [5.74, 6) is 0. The largest absolute Gasteiger partial charge is 0.129 e. The van der Waals surface area contributed by atoms with E-state index in [0.717, 1.165) is 0 Å². The topological polar surface area (TPSA) is 0 Å². The quantitative estimate of drug-likeness (QED) is 0.414. The van der Waals surface area contributed by atoms with Gasteiger partial charge in [-0.3, -0.25) is 0 Å². The van der Waals surface area contributed by atoms with Crippen molar-refractivity contribution >= 4 is 88.0 Å². The Morgan fingerprint density at radius 3 is 1.71 bits per heavy atom. The summed E-state index contributed by atoms with van der Waals surface area (Å²) in [6, 6.07) is 9.11. The van der Waals surface area contributed by atoms with E-state index in [0.29, 0.717) is 0 Å². The van der Waals surface area contributed by atoms with Gasteiger partial charge in [-0.1, -0.05) is 0 Å². The fourth-order valence-corrected chi connectivity index (χ4v) is 5.30. The molecule has 70 valence electrons. The Balaban J connectivity index is 2.49. The van der Waals surface area contributed by atoms with Crippen LogP contribution >= 0.6 is 67.9 Å². The van der Waals surface area contributed by atoms with E-state index in [4.69, 9.17) is 0 Å².